The molecule has 0 bridgehead atoms. The number of aromatic nitrogens is 4. The molecular weight excluding hydrogens is 781 g/mol. The Labute approximate surface area is 356 Å². The van der Waals surface area contributed by atoms with Crippen LogP contribution in [-0.2, 0) is 0 Å². The maximum atomic E-state index is 5.34. The summed E-state index contributed by atoms with van der Waals surface area (Å²) in [6, 6.07) is 64.0. The maximum absolute atomic E-state index is 5.34. The molecule has 14 rings (SSSR count). The van der Waals surface area contributed by atoms with Crippen LogP contribution in [0.25, 0.3) is 134 Å². The number of fused-ring (bicyclic) bond motifs is 11. The van der Waals surface area contributed by atoms with Crippen molar-refractivity contribution >= 4 is 112 Å². The molecule has 6 aromatic heterocycles. The van der Waals surface area contributed by atoms with Crippen LogP contribution in [0.2, 0.25) is 0 Å². The molecule has 8 aromatic carbocycles. The summed E-state index contributed by atoms with van der Waals surface area (Å²) in [6.07, 6.45) is 1.96. The van der Waals surface area contributed by atoms with Gasteiger partial charge in [0, 0.05) is 63.6 Å². The second kappa shape index (κ2) is 12.5. The van der Waals surface area contributed by atoms with Crippen molar-refractivity contribution in [3.8, 4) is 45.0 Å². The number of rotatable bonds is 4. The lowest BCUT2D eigenvalue weighted by atomic mass is 9.95. The Morgan fingerprint density at radius 1 is 0.393 bits per heavy atom. The fraction of sp³-hybridized carbons (Fsp3) is 0. The van der Waals surface area contributed by atoms with Gasteiger partial charge in [0.25, 0.3) is 0 Å². The lowest BCUT2D eigenvalue weighted by Gasteiger charge is -2.12. The predicted molar refractivity (Wildman–Crippen MR) is 260 cm³/mol. The van der Waals surface area contributed by atoms with Crippen molar-refractivity contribution in [3.05, 3.63) is 182 Å². The first-order valence-electron chi connectivity index (χ1n) is 20.5. The Morgan fingerprint density at radius 3 is 1.87 bits per heavy atom. The summed E-state index contributed by atoms with van der Waals surface area (Å²) in [6.45, 7) is 0. The van der Waals surface area contributed by atoms with E-state index in [0.717, 1.165) is 43.7 Å². The molecule has 0 N–H and O–H groups in total. The number of pyridine rings is 2. The van der Waals surface area contributed by atoms with E-state index in [9.17, 15) is 0 Å². The van der Waals surface area contributed by atoms with Gasteiger partial charge < -0.3 is 4.40 Å². The molecule has 282 valence electrons. The highest BCUT2D eigenvalue weighted by Crippen LogP contribution is 2.45. The Balaban J connectivity index is 0.964. The smallest absolute Gasteiger partial charge is 0.178 e. The van der Waals surface area contributed by atoms with Crippen molar-refractivity contribution in [2.75, 3.05) is 0 Å². The van der Waals surface area contributed by atoms with E-state index in [4.69, 9.17) is 15.0 Å². The number of nitrogens with zero attached hydrogens (tertiary/aromatic N) is 4. The van der Waals surface area contributed by atoms with Crippen molar-refractivity contribution in [1.29, 1.82) is 0 Å². The SMILES string of the molecule is c1ccc2c(c1)sc1cnc(-c3cc(-c4cccc5sc6ccccc6c45)cc(-c4ccc(-c5cccc6c5c5cccc7c8cccc9cccc(c98)n6c75)cc4)n3)nc12. The van der Waals surface area contributed by atoms with Gasteiger partial charge in [0.15, 0.2) is 5.82 Å². The van der Waals surface area contributed by atoms with E-state index in [1.54, 1.807) is 11.3 Å². The van der Waals surface area contributed by atoms with Crippen LogP contribution in [0.4, 0.5) is 0 Å². The maximum Gasteiger partial charge on any atom is 0.178 e. The molecule has 0 saturated heterocycles. The zero-order chi connectivity index (χ0) is 39.8. The molecule has 0 atom stereocenters. The van der Waals surface area contributed by atoms with E-state index in [1.807, 2.05) is 17.5 Å². The molecule has 0 aliphatic heterocycles. The summed E-state index contributed by atoms with van der Waals surface area (Å²) >= 11 is 3.56. The molecule has 0 aliphatic rings. The van der Waals surface area contributed by atoms with Gasteiger partial charge in [0.1, 0.15) is 5.69 Å². The minimum atomic E-state index is 0.621. The van der Waals surface area contributed by atoms with Crippen LogP contribution in [-0.4, -0.2) is 19.4 Å². The zero-order valence-corrected chi connectivity index (χ0v) is 34.1. The average Bonchev–Trinajstić information content (AvgIpc) is 4.01. The summed E-state index contributed by atoms with van der Waals surface area (Å²) < 4.78 is 7.32. The molecule has 0 fully saturated rings. The van der Waals surface area contributed by atoms with Crippen LogP contribution in [0.3, 0.4) is 0 Å². The average molecular weight is 811 g/mol. The van der Waals surface area contributed by atoms with Crippen molar-refractivity contribution in [2.45, 2.75) is 0 Å². The molecule has 0 saturated carbocycles. The largest absolute Gasteiger partial charge is 0.308 e. The molecule has 0 unspecified atom stereocenters. The van der Waals surface area contributed by atoms with Crippen molar-refractivity contribution < 1.29 is 0 Å². The number of hydrogen-bond donors (Lipinski definition) is 0. The topological polar surface area (TPSA) is 43.1 Å². The Morgan fingerprint density at radius 2 is 1.00 bits per heavy atom. The monoisotopic (exact) mass is 810 g/mol. The molecule has 4 nitrogen and oxygen atoms in total. The van der Waals surface area contributed by atoms with Gasteiger partial charge in [-0.3, -0.25) is 0 Å². The molecule has 0 spiro atoms. The van der Waals surface area contributed by atoms with Gasteiger partial charge in [0.2, 0.25) is 0 Å². The highest BCUT2D eigenvalue weighted by molar-refractivity contribution is 7.26. The number of thiophene rings is 2. The first-order valence-corrected chi connectivity index (χ1v) is 22.1. The van der Waals surface area contributed by atoms with Gasteiger partial charge in [0.05, 0.1) is 32.5 Å². The Bertz CT molecular complexity index is 4110. The number of hydrogen-bond acceptors (Lipinski definition) is 5. The summed E-state index contributed by atoms with van der Waals surface area (Å²) in [5, 5.41) is 11.4. The fourth-order valence-electron chi connectivity index (χ4n) is 9.97. The molecule has 61 heavy (non-hydrogen) atoms. The van der Waals surface area contributed by atoms with E-state index in [0.29, 0.717) is 5.82 Å². The Kier molecular flexibility index (Phi) is 6.83. The third-order valence-corrected chi connectivity index (χ3v) is 14.8. The highest BCUT2D eigenvalue weighted by atomic mass is 32.1. The van der Waals surface area contributed by atoms with E-state index in [2.05, 4.69) is 180 Å². The van der Waals surface area contributed by atoms with Crippen molar-refractivity contribution in [1.82, 2.24) is 19.4 Å². The molecule has 0 aliphatic carbocycles. The summed E-state index contributed by atoms with van der Waals surface area (Å²) in [5.74, 6) is 0.621. The summed E-state index contributed by atoms with van der Waals surface area (Å²) in [7, 11) is 0. The summed E-state index contributed by atoms with van der Waals surface area (Å²) in [4.78, 5) is 15.5. The normalized spacial score (nSPS) is 12.3. The van der Waals surface area contributed by atoms with Crippen LogP contribution in [0.5, 0.6) is 0 Å². The van der Waals surface area contributed by atoms with Gasteiger partial charge >= 0.3 is 0 Å². The van der Waals surface area contributed by atoms with Gasteiger partial charge in [-0.15, -0.1) is 22.7 Å². The highest BCUT2D eigenvalue weighted by Gasteiger charge is 2.21. The quantitative estimate of drug-likeness (QED) is 0.131. The van der Waals surface area contributed by atoms with Crippen molar-refractivity contribution in [3.63, 3.8) is 0 Å². The number of para-hydroxylation sites is 1. The molecule has 6 heterocycles. The van der Waals surface area contributed by atoms with Crippen molar-refractivity contribution in [2.24, 2.45) is 0 Å². The third-order valence-electron chi connectivity index (χ3n) is 12.6. The predicted octanol–water partition coefficient (Wildman–Crippen LogP) is 15.6. The van der Waals surface area contributed by atoms with E-state index < -0.39 is 0 Å². The number of benzene rings is 8. The van der Waals surface area contributed by atoms with E-state index >= 15 is 0 Å². The van der Waals surface area contributed by atoms with E-state index in [-0.39, 0.29) is 0 Å². The first-order chi connectivity index (χ1) is 30.2. The fourth-order valence-corrected chi connectivity index (χ4v) is 12.1. The lowest BCUT2D eigenvalue weighted by Crippen LogP contribution is -1.95. The third kappa shape index (κ3) is 4.77. The minimum Gasteiger partial charge on any atom is -0.308 e. The molecular formula is C55H30N4S2. The molecule has 0 radical (unpaired) electrons. The van der Waals surface area contributed by atoms with E-state index in [1.165, 1.54) is 84.9 Å². The zero-order valence-electron chi connectivity index (χ0n) is 32.4. The van der Waals surface area contributed by atoms with Gasteiger partial charge in [-0.1, -0.05) is 133 Å². The summed E-state index contributed by atoms with van der Waals surface area (Å²) in [5.41, 5.74) is 12.0. The standard InChI is InChI=1S/C55H30N4S2/c1-3-21-46-39(12-1)52-36(15-9-23-48(52)60-46)34-28-42(57-43(29-34)55-56-30-49-53(58-55)40-13-2-4-22-47(40)61-49)32-26-24-31(25-27-32)35-14-8-20-45-51(35)41-18-7-17-38-37-16-5-10-33-11-6-19-44(50(33)37)59(45)54(38)41/h1-30H. The van der Waals surface area contributed by atoms with Crippen LogP contribution in [0.1, 0.15) is 0 Å². The van der Waals surface area contributed by atoms with Gasteiger partial charge in [-0.05, 0) is 75.5 Å². The Hall–Kier alpha value is -7.51. The van der Waals surface area contributed by atoms with Crippen LogP contribution in [0.15, 0.2) is 182 Å². The molecule has 14 aromatic rings. The molecule has 0 amide bonds. The first kappa shape index (κ1) is 33.3. The lowest BCUT2D eigenvalue weighted by molar-refractivity contribution is 1.18. The second-order valence-electron chi connectivity index (χ2n) is 15.9. The van der Waals surface area contributed by atoms with Crippen LogP contribution < -0.4 is 0 Å². The minimum absolute atomic E-state index is 0.621. The van der Waals surface area contributed by atoms with Gasteiger partial charge in [-0.25, -0.2) is 15.0 Å². The second-order valence-corrected chi connectivity index (χ2v) is 18.1. The van der Waals surface area contributed by atoms with Crippen LogP contribution in [0, 0.1) is 0 Å². The molecule has 6 heteroatoms. The van der Waals surface area contributed by atoms with Gasteiger partial charge in [-0.2, -0.15) is 0 Å². The van der Waals surface area contributed by atoms with Crippen LogP contribution >= 0.6 is 22.7 Å².